The van der Waals surface area contributed by atoms with Gasteiger partial charge in [-0.15, -0.1) is 0 Å². The molecule has 2 aliphatic rings. The Kier molecular flexibility index (Phi) is 5.15. The predicted octanol–water partition coefficient (Wildman–Crippen LogP) is 3.70. The molecule has 0 aliphatic carbocycles. The minimum Gasteiger partial charge on any atom is -0.339 e. The van der Waals surface area contributed by atoms with E-state index in [0.29, 0.717) is 18.0 Å². The maximum Gasteiger partial charge on any atom is 0.264 e. The molecule has 2 heterocycles. The summed E-state index contributed by atoms with van der Waals surface area (Å²) in [5.74, 6) is 0.642. The van der Waals surface area contributed by atoms with Gasteiger partial charge in [0.1, 0.15) is 0 Å². The topological polar surface area (TPSA) is 57.7 Å². The van der Waals surface area contributed by atoms with E-state index in [1.54, 1.807) is 24.3 Å². The Hall–Kier alpha value is -2.34. The van der Waals surface area contributed by atoms with Crippen LogP contribution in [0.5, 0.6) is 0 Å². The van der Waals surface area contributed by atoms with Gasteiger partial charge in [0, 0.05) is 25.2 Å². The van der Waals surface area contributed by atoms with Crippen molar-refractivity contribution in [2.24, 2.45) is 5.92 Å². The van der Waals surface area contributed by atoms with Gasteiger partial charge in [0.25, 0.3) is 15.9 Å². The zero-order valence-electron chi connectivity index (χ0n) is 16.2. The lowest BCUT2D eigenvalue weighted by molar-refractivity contribution is 0.0697. The number of amides is 1. The summed E-state index contributed by atoms with van der Waals surface area (Å²) in [6.07, 6.45) is 3.74. The highest BCUT2D eigenvalue weighted by Gasteiger charge is 2.29. The number of sulfonamides is 1. The number of nitrogens with zero attached hydrogens (tertiary/aromatic N) is 2. The van der Waals surface area contributed by atoms with Gasteiger partial charge in [-0.25, -0.2) is 8.42 Å². The molecule has 1 fully saturated rings. The van der Waals surface area contributed by atoms with Crippen LogP contribution < -0.4 is 4.31 Å². The molecule has 0 atom stereocenters. The smallest absolute Gasteiger partial charge is 0.264 e. The summed E-state index contributed by atoms with van der Waals surface area (Å²) >= 11 is 0. The van der Waals surface area contributed by atoms with Gasteiger partial charge in [-0.1, -0.05) is 25.1 Å². The third-order valence-electron chi connectivity index (χ3n) is 5.83. The second kappa shape index (κ2) is 7.59. The Bertz CT molecular complexity index is 962. The molecule has 0 N–H and O–H groups in total. The number of rotatable bonds is 3. The Morgan fingerprint density at radius 2 is 1.64 bits per heavy atom. The largest absolute Gasteiger partial charge is 0.339 e. The number of carbonyl (C=O) groups excluding carboxylic acids is 1. The molecule has 0 spiro atoms. The van der Waals surface area contributed by atoms with E-state index in [1.807, 2.05) is 29.2 Å². The third kappa shape index (κ3) is 3.53. The Labute approximate surface area is 167 Å². The number of carbonyl (C=O) groups is 1. The molecule has 148 valence electrons. The van der Waals surface area contributed by atoms with Crippen LogP contribution in [-0.2, 0) is 16.4 Å². The van der Waals surface area contributed by atoms with Crippen LogP contribution in [0, 0.1) is 5.92 Å². The third-order valence-corrected chi connectivity index (χ3v) is 7.66. The summed E-state index contributed by atoms with van der Waals surface area (Å²) in [5.41, 5.74) is 2.37. The molecule has 5 nitrogen and oxygen atoms in total. The lowest BCUT2D eigenvalue weighted by atomic mass is 9.98. The maximum absolute atomic E-state index is 13.2. The first kappa shape index (κ1) is 19.0. The number of piperidine rings is 1. The minimum atomic E-state index is -3.64. The van der Waals surface area contributed by atoms with Gasteiger partial charge in [-0.3, -0.25) is 9.10 Å². The van der Waals surface area contributed by atoms with Gasteiger partial charge >= 0.3 is 0 Å². The van der Waals surface area contributed by atoms with Crippen molar-refractivity contribution >= 4 is 21.6 Å². The van der Waals surface area contributed by atoms with Crippen LogP contribution in [0.1, 0.15) is 42.1 Å². The number of anilines is 1. The van der Waals surface area contributed by atoms with E-state index in [0.717, 1.165) is 50.0 Å². The molecule has 6 heteroatoms. The van der Waals surface area contributed by atoms with Crippen LogP contribution in [0.4, 0.5) is 5.69 Å². The molecular formula is C22H26N2O3S. The fourth-order valence-corrected chi connectivity index (χ4v) is 5.58. The molecule has 2 aliphatic heterocycles. The average molecular weight is 399 g/mol. The second-order valence-corrected chi connectivity index (χ2v) is 9.67. The number of fused-ring (bicyclic) bond motifs is 1. The minimum absolute atomic E-state index is 0.0147. The van der Waals surface area contributed by atoms with E-state index in [4.69, 9.17) is 0 Å². The highest BCUT2D eigenvalue weighted by atomic mass is 32.2. The van der Waals surface area contributed by atoms with Gasteiger partial charge < -0.3 is 4.90 Å². The molecule has 0 aromatic heterocycles. The highest BCUT2D eigenvalue weighted by Crippen LogP contribution is 2.32. The molecule has 0 saturated carbocycles. The number of hydrogen-bond acceptors (Lipinski definition) is 3. The van der Waals surface area contributed by atoms with Gasteiger partial charge in [0.05, 0.1) is 10.6 Å². The van der Waals surface area contributed by atoms with Crippen molar-refractivity contribution in [3.05, 3.63) is 59.7 Å². The SMILES string of the molecule is CC1CCN(C(=O)c2ccc(S(=O)(=O)N3CCCc4ccccc43)cc2)CC1. The van der Waals surface area contributed by atoms with E-state index in [2.05, 4.69) is 6.92 Å². The molecule has 1 amide bonds. The first-order valence-electron chi connectivity index (χ1n) is 9.97. The van der Waals surface area contributed by atoms with Gasteiger partial charge in [0.2, 0.25) is 0 Å². The van der Waals surface area contributed by atoms with Gasteiger partial charge in [-0.2, -0.15) is 0 Å². The van der Waals surface area contributed by atoms with Crippen molar-refractivity contribution in [1.82, 2.24) is 4.90 Å². The number of para-hydroxylation sites is 1. The molecule has 0 bridgehead atoms. The monoisotopic (exact) mass is 398 g/mol. The predicted molar refractivity (Wildman–Crippen MR) is 110 cm³/mol. The van der Waals surface area contributed by atoms with Crippen LogP contribution in [0.2, 0.25) is 0 Å². The van der Waals surface area contributed by atoms with E-state index in [1.165, 1.54) is 4.31 Å². The zero-order chi connectivity index (χ0) is 19.7. The Morgan fingerprint density at radius 1 is 0.964 bits per heavy atom. The molecule has 2 aromatic carbocycles. The quantitative estimate of drug-likeness (QED) is 0.792. The Morgan fingerprint density at radius 3 is 2.36 bits per heavy atom. The summed E-state index contributed by atoms with van der Waals surface area (Å²) in [4.78, 5) is 14.8. The summed E-state index contributed by atoms with van der Waals surface area (Å²) in [6, 6.07) is 14.1. The number of hydrogen-bond donors (Lipinski definition) is 0. The van der Waals surface area contributed by atoms with Crippen molar-refractivity contribution in [3.63, 3.8) is 0 Å². The fraction of sp³-hybridized carbons (Fsp3) is 0.409. The number of benzene rings is 2. The van der Waals surface area contributed by atoms with Gasteiger partial charge in [-0.05, 0) is 67.5 Å². The maximum atomic E-state index is 13.2. The van der Waals surface area contributed by atoms with Crippen molar-refractivity contribution in [3.8, 4) is 0 Å². The number of aryl methyl sites for hydroxylation is 1. The van der Waals surface area contributed by atoms with Gasteiger partial charge in [0.15, 0.2) is 0 Å². The summed E-state index contributed by atoms with van der Waals surface area (Å²) in [7, 11) is -3.64. The molecule has 28 heavy (non-hydrogen) atoms. The van der Waals surface area contributed by atoms with Crippen molar-refractivity contribution in [2.75, 3.05) is 23.9 Å². The van der Waals surface area contributed by atoms with Crippen LogP contribution in [-0.4, -0.2) is 38.9 Å². The standard InChI is InChI=1S/C22H26N2O3S/c1-17-12-15-23(16-13-17)22(25)19-8-10-20(11-9-19)28(26,27)24-14-4-6-18-5-2-3-7-21(18)24/h2-3,5,7-11,17H,4,6,12-16H2,1H3. The lowest BCUT2D eigenvalue weighted by Crippen LogP contribution is -2.38. The lowest BCUT2D eigenvalue weighted by Gasteiger charge is -2.31. The van der Waals surface area contributed by atoms with E-state index in [-0.39, 0.29) is 10.8 Å². The molecule has 1 saturated heterocycles. The van der Waals surface area contributed by atoms with E-state index in [9.17, 15) is 13.2 Å². The molecule has 0 radical (unpaired) electrons. The van der Waals surface area contributed by atoms with Crippen molar-refractivity contribution in [2.45, 2.75) is 37.5 Å². The first-order valence-corrected chi connectivity index (χ1v) is 11.4. The van der Waals surface area contributed by atoms with Crippen LogP contribution in [0.15, 0.2) is 53.4 Å². The molecule has 4 rings (SSSR count). The average Bonchev–Trinajstić information content (AvgIpc) is 2.73. The normalized spacial score (nSPS) is 18.0. The van der Waals surface area contributed by atoms with Crippen molar-refractivity contribution in [1.29, 1.82) is 0 Å². The Balaban J connectivity index is 1.56. The first-order chi connectivity index (χ1) is 13.5. The van der Waals surface area contributed by atoms with Crippen LogP contribution in [0.25, 0.3) is 0 Å². The molecule has 2 aromatic rings. The highest BCUT2D eigenvalue weighted by molar-refractivity contribution is 7.92. The van der Waals surface area contributed by atoms with Crippen molar-refractivity contribution < 1.29 is 13.2 Å². The zero-order valence-corrected chi connectivity index (χ0v) is 17.0. The van der Waals surface area contributed by atoms with Crippen LogP contribution in [0.3, 0.4) is 0 Å². The van der Waals surface area contributed by atoms with E-state index < -0.39 is 10.0 Å². The molecular weight excluding hydrogens is 372 g/mol. The fourth-order valence-electron chi connectivity index (χ4n) is 4.04. The van der Waals surface area contributed by atoms with E-state index >= 15 is 0 Å². The molecule has 0 unspecified atom stereocenters. The number of likely N-dealkylation sites (tertiary alicyclic amines) is 1. The second-order valence-electron chi connectivity index (χ2n) is 7.81. The van der Waals surface area contributed by atoms with Crippen LogP contribution >= 0.6 is 0 Å². The summed E-state index contributed by atoms with van der Waals surface area (Å²) in [5, 5.41) is 0. The summed E-state index contributed by atoms with van der Waals surface area (Å²) in [6.45, 7) is 4.22. The summed E-state index contributed by atoms with van der Waals surface area (Å²) < 4.78 is 27.9.